The molecule has 0 atom stereocenters. The summed E-state index contributed by atoms with van der Waals surface area (Å²) in [5.74, 6) is 0. The third-order valence-corrected chi connectivity index (χ3v) is 7.07. The van der Waals surface area contributed by atoms with Gasteiger partial charge in [-0.25, -0.2) is 8.42 Å². The van der Waals surface area contributed by atoms with E-state index in [1.165, 1.54) is 4.31 Å². The number of sulfonamides is 1. The quantitative estimate of drug-likeness (QED) is 0.861. The van der Waals surface area contributed by atoms with Crippen LogP contribution in [0, 0.1) is 0 Å². The second kappa shape index (κ2) is 4.19. The molecule has 1 aromatic carbocycles. The number of hydrogen-bond acceptors (Lipinski definition) is 3. The van der Waals surface area contributed by atoms with E-state index in [0.717, 1.165) is 11.1 Å². The zero-order chi connectivity index (χ0) is 13.8. The fourth-order valence-electron chi connectivity index (χ4n) is 3.19. The Morgan fingerprint density at radius 1 is 1.47 bits per heavy atom. The molecular weight excluding hydrogens is 286 g/mol. The molecular formula is C13H16ClNO3S. The van der Waals surface area contributed by atoms with Gasteiger partial charge in [0.1, 0.15) is 4.75 Å². The van der Waals surface area contributed by atoms with Crippen LogP contribution in [0.25, 0.3) is 0 Å². The number of hydrogen-bond donors (Lipinski definition) is 1. The predicted octanol–water partition coefficient (Wildman–Crippen LogP) is 1.86. The van der Waals surface area contributed by atoms with Gasteiger partial charge in [-0.05, 0) is 36.1 Å². The zero-order valence-corrected chi connectivity index (χ0v) is 12.2. The van der Waals surface area contributed by atoms with Crippen molar-refractivity contribution < 1.29 is 13.5 Å². The van der Waals surface area contributed by atoms with Gasteiger partial charge in [0.25, 0.3) is 0 Å². The molecule has 1 aliphatic carbocycles. The van der Waals surface area contributed by atoms with E-state index in [4.69, 9.17) is 11.6 Å². The lowest BCUT2D eigenvalue weighted by atomic mass is 9.74. The van der Waals surface area contributed by atoms with E-state index < -0.39 is 20.9 Å². The van der Waals surface area contributed by atoms with E-state index in [1.54, 1.807) is 12.1 Å². The molecule has 6 heteroatoms. The van der Waals surface area contributed by atoms with Crippen LogP contribution in [0.3, 0.4) is 0 Å². The van der Waals surface area contributed by atoms with Crippen LogP contribution < -0.4 is 0 Å². The van der Waals surface area contributed by atoms with E-state index in [1.807, 2.05) is 13.0 Å². The largest absolute Gasteiger partial charge is 0.393 e. The average Bonchev–Trinajstić information content (AvgIpc) is 2.31. The summed E-state index contributed by atoms with van der Waals surface area (Å²) in [5.41, 5.74) is 1.77. The molecule has 19 heavy (non-hydrogen) atoms. The summed E-state index contributed by atoms with van der Waals surface area (Å²) < 4.78 is 26.0. The average molecular weight is 302 g/mol. The first kappa shape index (κ1) is 13.4. The molecule has 2 aliphatic rings. The fraction of sp³-hybridized carbons (Fsp3) is 0.538. The van der Waals surface area contributed by atoms with Crippen molar-refractivity contribution >= 4 is 21.6 Å². The molecule has 0 bridgehead atoms. The van der Waals surface area contributed by atoms with Gasteiger partial charge in [-0.2, -0.15) is 4.31 Å². The van der Waals surface area contributed by atoms with Crippen LogP contribution in [-0.2, 0) is 21.3 Å². The SMILES string of the molecule is CCN1Cc2ccc(Cl)cc2C2(CC(O)C2)S1(=O)=O. The minimum Gasteiger partial charge on any atom is -0.393 e. The first-order valence-corrected chi connectivity index (χ1v) is 8.19. The second-order valence-corrected chi connectivity index (χ2v) is 7.97. The van der Waals surface area contributed by atoms with Gasteiger partial charge in [-0.1, -0.05) is 24.6 Å². The lowest BCUT2D eigenvalue weighted by Gasteiger charge is -2.50. The Morgan fingerprint density at radius 2 is 2.16 bits per heavy atom. The number of aliphatic hydroxyl groups excluding tert-OH is 1. The molecule has 0 radical (unpaired) electrons. The maximum atomic E-state index is 12.7. The smallest absolute Gasteiger partial charge is 0.224 e. The number of benzene rings is 1. The Morgan fingerprint density at radius 3 is 2.74 bits per heavy atom. The van der Waals surface area contributed by atoms with Gasteiger partial charge in [0.2, 0.25) is 10.0 Å². The molecule has 1 spiro atoms. The Bertz CT molecular complexity index is 623. The second-order valence-electron chi connectivity index (χ2n) is 5.29. The molecule has 1 N–H and O–H groups in total. The summed E-state index contributed by atoms with van der Waals surface area (Å²) in [4.78, 5) is 0. The first-order valence-electron chi connectivity index (χ1n) is 6.37. The van der Waals surface area contributed by atoms with Gasteiger partial charge < -0.3 is 5.11 Å². The summed E-state index contributed by atoms with van der Waals surface area (Å²) in [7, 11) is -3.43. The number of rotatable bonds is 1. The maximum Gasteiger partial charge on any atom is 0.224 e. The Kier molecular flexibility index (Phi) is 2.94. The van der Waals surface area contributed by atoms with Crippen molar-refractivity contribution in [2.24, 2.45) is 0 Å². The molecule has 0 amide bonds. The monoisotopic (exact) mass is 301 g/mol. The number of fused-ring (bicyclic) bond motifs is 2. The van der Waals surface area contributed by atoms with Gasteiger partial charge in [-0.3, -0.25) is 0 Å². The van der Waals surface area contributed by atoms with Crippen molar-refractivity contribution in [1.82, 2.24) is 4.31 Å². The predicted molar refractivity (Wildman–Crippen MR) is 73.4 cm³/mol. The molecule has 1 fully saturated rings. The molecule has 1 heterocycles. The number of halogens is 1. The van der Waals surface area contributed by atoms with Crippen molar-refractivity contribution in [1.29, 1.82) is 0 Å². The summed E-state index contributed by atoms with van der Waals surface area (Å²) >= 11 is 6.01. The van der Waals surface area contributed by atoms with Crippen LogP contribution in [0.5, 0.6) is 0 Å². The normalized spacial score (nSPS) is 32.9. The van der Waals surface area contributed by atoms with Crippen LogP contribution in [0.4, 0.5) is 0 Å². The highest BCUT2D eigenvalue weighted by Gasteiger charge is 2.59. The van der Waals surface area contributed by atoms with Crippen molar-refractivity contribution in [3.8, 4) is 0 Å². The van der Waals surface area contributed by atoms with Gasteiger partial charge in [0, 0.05) is 18.1 Å². The molecule has 1 saturated carbocycles. The summed E-state index contributed by atoms with van der Waals surface area (Å²) in [6.45, 7) is 2.67. The number of nitrogens with zero attached hydrogens (tertiary/aromatic N) is 1. The van der Waals surface area contributed by atoms with Gasteiger partial charge in [-0.15, -0.1) is 0 Å². The highest BCUT2D eigenvalue weighted by molar-refractivity contribution is 7.90. The third kappa shape index (κ3) is 1.69. The highest BCUT2D eigenvalue weighted by Crippen LogP contribution is 2.53. The Hall–Kier alpha value is -0.620. The third-order valence-electron chi connectivity index (χ3n) is 4.23. The standard InChI is InChI=1S/C13H16ClNO3S/c1-2-15-8-9-3-4-10(14)5-12(9)13(19(15,17)18)6-11(16)7-13/h3-5,11,16H,2,6-8H2,1H3. The van der Waals surface area contributed by atoms with Crippen molar-refractivity contribution in [3.63, 3.8) is 0 Å². The Labute approximate surface area is 118 Å². The highest BCUT2D eigenvalue weighted by atomic mass is 35.5. The van der Waals surface area contributed by atoms with Crippen molar-refractivity contribution in [2.75, 3.05) is 6.54 Å². The van der Waals surface area contributed by atoms with Crippen LogP contribution in [-0.4, -0.2) is 30.5 Å². The minimum atomic E-state index is -3.43. The van der Waals surface area contributed by atoms with Crippen molar-refractivity contribution in [3.05, 3.63) is 34.3 Å². The van der Waals surface area contributed by atoms with Crippen LogP contribution in [0.15, 0.2) is 18.2 Å². The molecule has 1 aliphatic heterocycles. The molecule has 4 nitrogen and oxygen atoms in total. The van der Waals surface area contributed by atoms with Crippen LogP contribution in [0.1, 0.15) is 30.9 Å². The van der Waals surface area contributed by atoms with E-state index >= 15 is 0 Å². The van der Waals surface area contributed by atoms with E-state index in [-0.39, 0.29) is 12.8 Å². The summed E-state index contributed by atoms with van der Waals surface area (Å²) in [5, 5.41) is 10.2. The fourth-order valence-corrected chi connectivity index (χ4v) is 5.77. The molecule has 104 valence electrons. The molecule has 0 aromatic heterocycles. The first-order chi connectivity index (χ1) is 8.90. The van der Waals surface area contributed by atoms with Crippen molar-refractivity contribution in [2.45, 2.75) is 37.2 Å². The summed E-state index contributed by atoms with van der Waals surface area (Å²) in [6.07, 6.45) is -0.0170. The minimum absolute atomic E-state index is 0.263. The van der Waals surface area contributed by atoms with Gasteiger partial charge in [0.05, 0.1) is 6.10 Å². The lowest BCUT2D eigenvalue weighted by molar-refractivity contribution is 0.0499. The van der Waals surface area contributed by atoms with Gasteiger partial charge >= 0.3 is 0 Å². The van der Waals surface area contributed by atoms with E-state index in [2.05, 4.69) is 0 Å². The molecule has 0 unspecified atom stereocenters. The molecule has 1 aromatic rings. The number of aliphatic hydroxyl groups is 1. The topological polar surface area (TPSA) is 57.6 Å². The summed E-state index contributed by atoms with van der Waals surface area (Å²) in [6, 6.07) is 5.42. The van der Waals surface area contributed by atoms with Crippen LogP contribution in [0.2, 0.25) is 5.02 Å². The van der Waals surface area contributed by atoms with Crippen LogP contribution >= 0.6 is 11.6 Å². The van der Waals surface area contributed by atoms with Gasteiger partial charge in [0.15, 0.2) is 0 Å². The maximum absolute atomic E-state index is 12.7. The van der Waals surface area contributed by atoms with E-state index in [9.17, 15) is 13.5 Å². The molecule has 0 saturated heterocycles. The van der Waals surface area contributed by atoms with E-state index in [0.29, 0.717) is 18.1 Å². The zero-order valence-electron chi connectivity index (χ0n) is 10.6. The Balaban J connectivity index is 2.22. The lowest BCUT2D eigenvalue weighted by Crippen LogP contribution is -2.58. The molecule has 3 rings (SSSR count).